The minimum atomic E-state index is -2.45. The van der Waals surface area contributed by atoms with Crippen LogP contribution >= 0.6 is 11.3 Å². The Kier molecular flexibility index (Phi) is 5.77. The van der Waals surface area contributed by atoms with Crippen molar-refractivity contribution in [1.82, 2.24) is 14.9 Å². The molecule has 0 spiro atoms. The molecular formula is C13H18F2N4OS. The highest BCUT2D eigenvalue weighted by Gasteiger charge is 2.15. The van der Waals surface area contributed by atoms with Gasteiger partial charge in [0.05, 0.1) is 25.1 Å². The molecule has 116 valence electrons. The van der Waals surface area contributed by atoms with Gasteiger partial charge in [-0.2, -0.15) is 0 Å². The fraction of sp³-hybridized carbons (Fsp3) is 0.538. The summed E-state index contributed by atoms with van der Waals surface area (Å²) in [7, 11) is 0. The molecule has 2 aromatic rings. The van der Waals surface area contributed by atoms with E-state index >= 15 is 0 Å². The summed E-state index contributed by atoms with van der Waals surface area (Å²) in [5.74, 6) is 1.20. The second-order valence-corrected chi connectivity index (χ2v) is 5.40. The van der Waals surface area contributed by atoms with Gasteiger partial charge in [0.15, 0.2) is 0 Å². The van der Waals surface area contributed by atoms with Crippen LogP contribution in [-0.2, 0) is 6.54 Å². The van der Waals surface area contributed by atoms with Crippen molar-refractivity contribution in [3.63, 3.8) is 0 Å². The predicted octanol–water partition coefficient (Wildman–Crippen LogP) is 2.18. The second-order valence-electron chi connectivity index (χ2n) is 4.51. The number of halogens is 2. The van der Waals surface area contributed by atoms with E-state index in [0.29, 0.717) is 5.82 Å². The first-order valence-electron chi connectivity index (χ1n) is 6.73. The Morgan fingerprint density at radius 2 is 2.24 bits per heavy atom. The lowest BCUT2D eigenvalue weighted by Gasteiger charge is -2.20. The molecule has 2 heterocycles. The molecule has 5 nitrogen and oxygen atoms in total. The van der Waals surface area contributed by atoms with E-state index in [1.54, 1.807) is 0 Å². The van der Waals surface area contributed by atoms with Gasteiger partial charge in [0, 0.05) is 13.1 Å². The molecule has 0 atom stereocenters. The van der Waals surface area contributed by atoms with E-state index in [0.717, 1.165) is 22.6 Å². The molecule has 0 unspecified atom stereocenters. The average Bonchev–Trinajstić information content (AvgIpc) is 2.87. The van der Waals surface area contributed by atoms with Crippen LogP contribution < -0.4 is 5.32 Å². The summed E-state index contributed by atoms with van der Waals surface area (Å²) in [4.78, 5) is 11.1. The molecule has 2 N–H and O–H groups in total. The Morgan fingerprint density at radius 1 is 1.43 bits per heavy atom. The molecule has 0 aliphatic carbocycles. The van der Waals surface area contributed by atoms with Crippen LogP contribution in [0.25, 0.3) is 10.2 Å². The van der Waals surface area contributed by atoms with Crippen LogP contribution in [0.2, 0.25) is 0 Å². The third kappa shape index (κ3) is 4.29. The van der Waals surface area contributed by atoms with Crippen molar-refractivity contribution in [2.24, 2.45) is 0 Å². The summed E-state index contributed by atoms with van der Waals surface area (Å²) in [6.07, 6.45) is -2.45. The number of nitrogens with one attached hydrogen (secondary N) is 1. The highest BCUT2D eigenvalue weighted by atomic mass is 32.1. The van der Waals surface area contributed by atoms with Gasteiger partial charge in [-0.1, -0.05) is 0 Å². The molecule has 2 rings (SSSR count). The summed E-state index contributed by atoms with van der Waals surface area (Å²) >= 11 is 1.49. The zero-order valence-electron chi connectivity index (χ0n) is 11.7. The van der Waals surface area contributed by atoms with E-state index in [9.17, 15) is 8.78 Å². The zero-order valence-corrected chi connectivity index (χ0v) is 12.5. The molecule has 8 heteroatoms. The third-order valence-corrected chi connectivity index (χ3v) is 3.70. The first-order chi connectivity index (χ1) is 10.1. The van der Waals surface area contributed by atoms with E-state index < -0.39 is 13.0 Å². The van der Waals surface area contributed by atoms with E-state index in [-0.39, 0.29) is 19.7 Å². The van der Waals surface area contributed by atoms with Crippen molar-refractivity contribution < 1.29 is 13.9 Å². The van der Waals surface area contributed by atoms with Gasteiger partial charge in [0.25, 0.3) is 6.43 Å². The largest absolute Gasteiger partial charge is 0.395 e. The van der Waals surface area contributed by atoms with Crippen molar-refractivity contribution in [2.75, 3.05) is 31.6 Å². The number of alkyl halides is 2. The second kappa shape index (κ2) is 7.58. The standard InChI is InChI=1S/C13H18F2N4OS/c1-2-16-12-9-3-6-21-13(9)18-11(17-12)8-19(4-5-20)7-10(14)15/h3,6,10,20H,2,4-5,7-8H2,1H3,(H,16,17,18). The number of aliphatic hydroxyl groups excluding tert-OH is 1. The Bertz CT molecular complexity index is 578. The molecule has 21 heavy (non-hydrogen) atoms. The molecule has 0 aliphatic rings. The van der Waals surface area contributed by atoms with E-state index in [1.807, 2.05) is 18.4 Å². The summed E-state index contributed by atoms with van der Waals surface area (Å²) in [6.45, 7) is 2.48. The van der Waals surface area contributed by atoms with Crippen molar-refractivity contribution in [2.45, 2.75) is 19.9 Å². The molecule has 0 saturated heterocycles. The monoisotopic (exact) mass is 316 g/mol. The van der Waals surface area contributed by atoms with E-state index in [4.69, 9.17) is 5.11 Å². The van der Waals surface area contributed by atoms with Crippen molar-refractivity contribution in [3.05, 3.63) is 17.3 Å². The lowest BCUT2D eigenvalue weighted by Crippen LogP contribution is -2.32. The predicted molar refractivity (Wildman–Crippen MR) is 79.9 cm³/mol. The van der Waals surface area contributed by atoms with Gasteiger partial charge in [-0.25, -0.2) is 18.7 Å². The Hall–Kier alpha value is -1.38. The van der Waals surface area contributed by atoms with E-state index in [1.165, 1.54) is 16.2 Å². The minimum absolute atomic E-state index is 0.173. The number of rotatable bonds is 8. The first kappa shape index (κ1) is 16.0. The van der Waals surface area contributed by atoms with Gasteiger partial charge in [-0.3, -0.25) is 4.90 Å². The average molecular weight is 316 g/mol. The van der Waals surface area contributed by atoms with Gasteiger partial charge < -0.3 is 10.4 Å². The fourth-order valence-corrected chi connectivity index (χ4v) is 2.83. The van der Waals surface area contributed by atoms with E-state index in [2.05, 4.69) is 15.3 Å². The van der Waals surface area contributed by atoms with Crippen LogP contribution in [0.1, 0.15) is 12.7 Å². The van der Waals surface area contributed by atoms with Crippen molar-refractivity contribution in [3.8, 4) is 0 Å². The fourth-order valence-electron chi connectivity index (χ4n) is 2.04. The molecule has 0 bridgehead atoms. The maximum atomic E-state index is 12.5. The smallest absolute Gasteiger partial charge is 0.251 e. The SMILES string of the molecule is CCNc1nc(CN(CCO)CC(F)F)nc2sccc12. The van der Waals surface area contributed by atoms with Crippen LogP contribution in [0.5, 0.6) is 0 Å². The van der Waals surface area contributed by atoms with Gasteiger partial charge in [0.2, 0.25) is 0 Å². The number of fused-ring (bicyclic) bond motifs is 1. The molecule has 0 aromatic carbocycles. The van der Waals surface area contributed by atoms with Crippen LogP contribution in [0.15, 0.2) is 11.4 Å². The molecule has 0 fully saturated rings. The number of aliphatic hydroxyl groups is 1. The molecule has 2 aromatic heterocycles. The number of hydrogen-bond acceptors (Lipinski definition) is 6. The van der Waals surface area contributed by atoms with Gasteiger partial charge in [0.1, 0.15) is 16.5 Å². The molecule has 0 amide bonds. The lowest BCUT2D eigenvalue weighted by molar-refractivity contribution is 0.0734. The highest BCUT2D eigenvalue weighted by molar-refractivity contribution is 7.16. The molecule has 0 saturated carbocycles. The van der Waals surface area contributed by atoms with Crippen molar-refractivity contribution >= 4 is 27.4 Å². The maximum absolute atomic E-state index is 12.5. The highest BCUT2D eigenvalue weighted by Crippen LogP contribution is 2.25. The van der Waals surface area contributed by atoms with Gasteiger partial charge in [-0.05, 0) is 18.4 Å². The zero-order chi connectivity index (χ0) is 15.2. The number of nitrogens with zero attached hydrogens (tertiary/aromatic N) is 3. The Balaban J connectivity index is 2.23. The maximum Gasteiger partial charge on any atom is 0.251 e. The van der Waals surface area contributed by atoms with Crippen LogP contribution in [0.4, 0.5) is 14.6 Å². The summed E-state index contributed by atoms with van der Waals surface area (Å²) < 4.78 is 25.1. The summed E-state index contributed by atoms with van der Waals surface area (Å²) in [5.41, 5.74) is 0. The normalized spacial score (nSPS) is 11.7. The summed E-state index contributed by atoms with van der Waals surface area (Å²) in [6, 6.07) is 1.94. The van der Waals surface area contributed by atoms with Crippen LogP contribution in [0, 0.1) is 0 Å². The van der Waals surface area contributed by atoms with Gasteiger partial charge in [-0.15, -0.1) is 11.3 Å². The quantitative estimate of drug-likeness (QED) is 0.782. The lowest BCUT2D eigenvalue weighted by atomic mass is 10.3. The van der Waals surface area contributed by atoms with Crippen LogP contribution in [0.3, 0.4) is 0 Å². The summed E-state index contributed by atoms with van der Waals surface area (Å²) in [5, 5.41) is 15.0. The first-order valence-corrected chi connectivity index (χ1v) is 7.61. The number of thiophene rings is 1. The van der Waals surface area contributed by atoms with Crippen LogP contribution in [-0.4, -0.2) is 52.6 Å². The third-order valence-electron chi connectivity index (χ3n) is 2.89. The molecule has 0 radical (unpaired) electrons. The topological polar surface area (TPSA) is 61.3 Å². The number of anilines is 1. The van der Waals surface area contributed by atoms with Crippen molar-refractivity contribution in [1.29, 1.82) is 0 Å². The Labute approximate surface area is 125 Å². The van der Waals surface area contributed by atoms with Gasteiger partial charge >= 0.3 is 0 Å². The number of aromatic nitrogens is 2. The molecule has 0 aliphatic heterocycles. The number of hydrogen-bond donors (Lipinski definition) is 2. The Morgan fingerprint density at radius 3 is 2.90 bits per heavy atom. The minimum Gasteiger partial charge on any atom is -0.395 e. The molecular weight excluding hydrogens is 298 g/mol.